The van der Waals surface area contributed by atoms with Gasteiger partial charge in [-0.05, 0) is 51.4 Å². The normalized spacial score (nSPS) is 12.6. The monoisotopic (exact) mass is 576 g/mol. The highest BCUT2D eigenvalue weighted by atomic mass is 16.6. The standard InChI is InChI=1S/C36H64O5/c1-3-5-7-9-11-13-15-17-18-19-21-23-25-27-29-31-36(39)41-34(32-37)33-40-35(38)30-28-26-24-22-20-16-14-12-10-8-6-4-2/h11,13,17-18,21,23,34,37H,3-10,12,14-16,19-20,22,24-33H2,1-2H3/b13-11-,18-17-,23-21-/t34-/m0/s1. The fourth-order valence-electron chi connectivity index (χ4n) is 4.56. The van der Waals surface area contributed by atoms with Gasteiger partial charge in [0.15, 0.2) is 6.10 Å². The Kier molecular flexibility index (Phi) is 31.1. The molecule has 0 saturated heterocycles. The molecule has 1 N–H and O–H groups in total. The van der Waals surface area contributed by atoms with Crippen molar-refractivity contribution >= 4 is 11.9 Å². The zero-order valence-electron chi connectivity index (χ0n) is 26.8. The highest BCUT2D eigenvalue weighted by Gasteiger charge is 2.16. The minimum Gasteiger partial charge on any atom is -0.462 e. The number of rotatable bonds is 30. The van der Waals surface area contributed by atoms with E-state index in [0.29, 0.717) is 12.8 Å². The van der Waals surface area contributed by atoms with Crippen molar-refractivity contribution in [3.8, 4) is 0 Å². The van der Waals surface area contributed by atoms with Crippen LogP contribution in [0.2, 0.25) is 0 Å². The summed E-state index contributed by atoms with van der Waals surface area (Å²) in [5, 5.41) is 9.49. The molecular weight excluding hydrogens is 512 g/mol. The number of esters is 2. The van der Waals surface area contributed by atoms with Crippen LogP contribution in [0.25, 0.3) is 0 Å². The van der Waals surface area contributed by atoms with Gasteiger partial charge in [0.1, 0.15) is 6.61 Å². The fourth-order valence-corrected chi connectivity index (χ4v) is 4.56. The topological polar surface area (TPSA) is 72.8 Å². The first-order chi connectivity index (χ1) is 20.1. The van der Waals surface area contributed by atoms with Gasteiger partial charge in [0.05, 0.1) is 6.61 Å². The third kappa shape index (κ3) is 30.9. The summed E-state index contributed by atoms with van der Waals surface area (Å²) in [6.45, 7) is 4.05. The predicted octanol–water partition coefficient (Wildman–Crippen LogP) is 10.1. The molecule has 0 aliphatic carbocycles. The van der Waals surface area contributed by atoms with Crippen LogP contribution in [0.3, 0.4) is 0 Å². The molecule has 1 atom stereocenters. The van der Waals surface area contributed by atoms with Crippen LogP contribution in [0.1, 0.15) is 162 Å². The second-order valence-corrected chi connectivity index (χ2v) is 11.2. The van der Waals surface area contributed by atoms with Gasteiger partial charge in [-0.1, -0.05) is 134 Å². The summed E-state index contributed by atoms with van der Waals surface area (Å²) in [6.07, 6.45) is 37.7. The Bertz CT molecular complexity index is 667. The van der Waals surface area contributed by atoms with Crippen molar-refractivity contribution in [2.24, 2.45) is 0 Å². The first-order valence-electron chi connectivity index (χ1n) is 17.0. The van der Waals surface area contributed by atoms with Gasteiger partial charge >= 0.3 is 11.9 Å². The Morgan fingerprint density at radius 1 is 0.561 bits per heavy atom. The van der Waals surface area contributed by atoms with Crippen LogP contribution in [0.5, 0.6) is 0 Å². The zero-order valence-corrected chi connectivity index (χ0v) is 26.8. The molecule has 0 aliphatic rings. The quantitative estimate of drug-likeness (QED) is 0.0523. The van der Waals surface area contributed by atoms with Crippen molar-refractivity contribution in [2.45, 2.75) is 168 Å². The van der Waals surface area contributed by atoms with Crippen molar-refractivity contribution in [2.75, 3.05) is 13.2 Å². The average Bonchev–Trinajstić information content (AvgIpc) is 2.97. The predicted molar refractivity (Wildman–Crippen MR) is 173 cm³/mol. The molecule has 0 radical (unpaired) electrons. The van der Waals surface area contributed by atoms with E-state index in [9.17, 15) is 14.7 Å². The number of allylic oxidation sites excluding steroid dienone is 6. The lowest BCUT2D eigenvalue weighted by Crippen LogP contribution is -2.28. The summed E-state index contributed by atoms with van der Waals surface area (Å²) in [7, 11) is 0. The van der Waals surface area contributed by atoms with E-state index >= 15 is 0 Å². The van der Waals surface area contributed by atoms with E-state index in [1.165, 1.54) is 83.5 Å². The van der Waals surface area contributed by atoms with Crippen LogP contribution in [0.15, 0.2) is 36.5 Å². The van der Waals surface area contributed by atoms with Crippen molar-refractivity contribution in [1.29, 1.82) is 0 Å². The van der Waals surface area contributed by atoms with Gasteiger partial charge in [0.2, 0.25) is 0 Å². The SMILES string of the molecule is CCCCC/C=C\C/C=C\C/C=C\CCCCC(=O)O[C@@H](CO)COC(=O)CCCCCCCCCCCCCC. The number of aliphatic hydroxyl groups is 1. The molecule has 0 aromatic heterocycles. The maximum absolute atomic E-state index is 12.1. The summed E-state index contributed by atoms with van der Waals surface area (Å²) in [5.41, 5.74) is 0. The summed E-state index contributed by atoms with van der Waals surface area (Å²) in [6, 6.07) is 0. The molecule has 0 spiro atoms. The zero-order chi connectivity index (χ0) is 30.1. The number of unbranched alkanes of at least 4 members (excludes halogenated alkanes) is 16. The summed E-state index contributed by atoms with van der Waals surface area (Å²) in [4.78, 5) is 24.1. The van der Waals surface area contributed by atoms with Gasteiger partial charge < -0.3 is 14.6 Å². The van der Waals surface area contributed by atoms with E-state index in [1.54, 1.807) is 0 Å². The van der Waals surface area contributed by atoms with E-state index in [-0.39, 0.29) is 25.2 Å². The first kappa shape index (κ1) is 39.1. The summed E-state index contributed by atoms with van der Waals surface area (Å²) < 4.78 is 10.5. The molecule has 5 nitrogen and oxygen atoms in total. The minimum atomic E-state index is -0.786. The maximum atomic E-state index is 12.1. The van der Waals surface area contributed by atoms with Crippen LogP contribution in [0, 0.1) is 0 Å². The van der Waals surface area contributed by atoms with Gasteiger partial charge in [0.25, 0.3) is 0 Å². The van der Waals surface area contributed by atoms with Crippen LogP contribution in [-0.2, 0) is 19.1 Å². The molecule has 5 heteroatoms. The van der Waals surface area contributed by atoms with Gasteiger partial charge in [0, 0.05) is 12.8 Å². The van der Waals surface area contributed by atoms with Crippen LogP contribution in [-0.4, -0.2) is 36.4 Å². The lowest BCUT2D eigenvalue weighted by molar-refractivity contribution is -0.161. The van der Waals surface area contributed by atoms with Gasteiger partial charge in [-0.2, -0.15) is 0 Å². The van der Waals surface area contributed by atoms with Gasteiger partial charge in [-0.25, -0.2) is 0 Å². The van der Waals surface area contributed by atoms with Crippen LogP contribution >= 0.6 is 0 Å². The number of carbonyl (C=O) groups is 2. The van der Waals surface area contributed by atoms with E-state index in [1.807, 2.05) is 0 Å². The molecule has 0 aliphatic heterocycles. The second kappa shape index (κ2) is 32.6. The second-order valence-electron chi connectivity index (χ2n) is 11.2. The largest absolute Gasteiger partial charge is 0.462 e. The fraction of sp³-hybridized carbons (Fsp3) is 0.778. The molecule has 0 bridgehead atoms. The number of hydrogen-bond acceptors (Lipinski definition) is 5. The molecule has 0 amide bonds. The Balaban J connectivity index is 3.66. The highest BCUT2D eigenvalue weighted by Crippen LogP contribution is 2.13. The van der Waals surface area contributed by atoms with E-state index in [2.05, 4.69) is 50.3 Å². The Labute approximate surface area is 253 Å². The molecular formula is C36H64O5. The maximum Gasteiger partial charge on any atom is 0.306 e. The van der Waals surface area contributed by atoms with Gasteiger partial charge in [-0.3, -0.25) is 9.59 Å². The average molecular weight is 577 g/mol. The first-order valence-corrected chi connectivity index (χ1v) is 17.0. The van der Waals surface area contributed by atoms with Crippen LogP contribution < -0.4 is 0 Å². The van der Waals surface area contributed by atoms with Crippen LogP contribution in [0.4, 0.5) is 0 Å². The molecule has 0 aromatic rings. The molecule has 0 unspecified atom stereocenters. The van der Waals surface area contributed by atoms with E-state index in [0.717, 1.165) is 51.4 Å². The number of hydrogen-bond donors (Lipinski definition) is 1. The number of ether oxygens (including phenoxy) is 2. The molecule has 0 rings (SSSR count). The molecule has 41 heavy (non-hydrogen) atoms. The summed E-state index contributed by atoms with van der Waals surface area (Å²) in [5.74, 6) is -0.636. The number of aliphatic hydroxyl groups excluding tert-OH is 1. The summed E-state index contributed by atoms with van der Waals surface area (Å²) >= 11 is 0. The van der Waals surface area contributed by atoms with Crippen molar-refractivity contribution in [3.05, 3.63) is 36.5 Å². The van der Waals surface area contributed by atoms with Crippen molar-refractivity contribution in [1.82, 2.24) is 0 Å². The van der Waals surface area contributed by atoms with Crippen molar-refractivity contribution in [3.63, 3.8) is 0 Å². The van der Waals surface area contributed by atoms with E-state index < -0.39 is 6.10 Å². The lowest BCUT2D eigenvalue weighted by Gasteiger charge is -2.15. The van der Waals surface area contributed by atoms with Crippen molar-refractivity contribution < 1.29 is 24.2 Å². The highest BCUT2D eigenvalue weighted by molar-refractivity contribution is 5.70. The minimum absolute atomic E-state index is 0.0791. The molecule has 0 saturated carbocycles. The molecule has 0 fully saturated rings. The molecule has 0 aromatic carbocycles. The Morgan fingerprint density at radius 2 is 0.976 bits per heavy atom. The Morgan fingerprint density at radius 3 is 1.51 bits per heavy atom. The third-order valence-electron chi connectivity index (χ3n) is 7.19. The Hall–Kier alpha value is -1.88. The lowest BCUT2D eigenvalue weighted by atomic mass is 10.0. The van der Waals surface area contributed by atoms with Gasteiger partial charge in [-0.15, -0.1) is 0 Å². The van der Waals surface area contributed by atoms with E-state index in [4.69, 9.17) is 9.47 Å². The number of carbonyl (C=O) groups excluding carboxylic acids is 2. The molecule has 238 valence electrons. The smallest absolute Gasteiger partial charge is 0.306 e. The molecule has 0 heterocycles. The third-order valence-corrected chi connectivity index (χ3v) is 7.19.